The van der Waals surface area contributed by atoms with Crippen LogP contribution >= 0.6 is 11.3 Å². The van der Waals surface area contributed by atoms with Crippen molar-refractivity contribution in [3.8, 4) is 11.4 Å². The Bertz CT molecular complexity index is 997. The van der Waals surface area contributed by atoms with E-state index in [0.29, 0.717) is 29.5 Å². The van der Waals surface area contributed by atoms with Gasteiger partial charge in [0.25, 0.3) is 5.91 Å². The summed E-state index contributed by atoms with van der Waals surface area (Å²) >= 11 is 1.47. The van der Waals surface area contributed by atoms with E-state index in [1.165, 1.54) is 18.3 Å². The smallest absolute Gasteiger partial charge is 0.264 e. The number of aromatic amines is 1. The van der Waals surface area contributed by atoms with E-state index in [9.17, 15) is 9.59 Å². The van der Waals surface area contributed by atoms with Crippen LogP contribution < -0.4 is 5.32 Å². The van der Waals surface area contributed by atoms with Gasteiger partial charge < -0.3 is 10.2 Å². The fourth-order valence-electron chi connectivity index (χ4n) is 3.54. The minimum atomic E-state index is -0.267. The Hall–Kier alpha value is -3.00. The van der Waals surface area contributed by atoms with E-state index in [2.05, 4.69) is 20.5 Å². The molecule has 7 nitrogen and oxygen atoms in total. The minimum Gasteiger partial charge on any atom is -0.352 e. The fraction of sp³-hybridized carbons (Fsp3) is 0.300. The number of benzene rings is 1. The van der Waals surface area contributed by atoms with Crippen LogP contribution in [-0.2, 0) is 4.79 Å². The van der Waals surface area contributed by atoms with Crippen LogP contribution in [0, 0.1) is 6.92 Å². The molecule has 8 heteroatoms. The van der Waals surface area contributed by atoms with E-state index in [0.717, 1.165) is 10.4 Å². The number of H-pyrrole nitrogens is 1. The first kappa shape index (κ1) is 18.4. The molecule has 2 amide bonds. The molecular formula is C20H21N5O2S. The Morgan fingerprint density at radius 1 is 1.21 bits per heavy atom. The fourth-order valence-corrected chi connectivity index (χ4v) is 4.37. The van der Waals surface area contributed by atoms with Gasteiger partial charge in [0.05, 0.1) is 10.9 Å². The number of likely N-dealkylation sites (tertiary alicyclic amines) is 1. The number of amides is 2. The van der Waals surface area contributed by atoms with Crippen LogP contribution in [0.2, 0.25) is 0 Å². The Kier molecular flexibility index (Phi) is 4.95. The van der Waals surface area contributed by atoms with Crippen LogP contribution in [-0.4, -0.2) is 44.5 Å². The third-order valence-electron chi connectivity index (χ3n) is 4.77. The van der Waals surface area contributed by atoms with Gasteiger partial charge in [0.2, 0.25) is 5.91 Å². The average molecular weight is 395 g/mol. The zero-order valence-corrected chi connectivity index (χ0v) is 16.5. The summed E-state index contributed by atoms with van der Waals surface area (Å²) in [6.45, 7) is 3.91. The number of carbonyl (C=O) groups excluding carboxylic acids is 2. The zero-order chi connectivity index (χ0) is 19.7. The van der Waals surface area contributed by atoms with Crippen LogP contribution in [0.3, 0.4) is 0 Å². The van der Waals surface area contributed by atoms with Crippen LogP contribution in [0.5, 0.6) is 0 Å². The van der Waals surface area contributed by atoms with Gasteiger partial charge in [-0.05, 0) is 25.5 Å². The largest absolute Gasteiger partial charge is 0.352 e. The number of hydrogen-bond acceptors (Lipinski definition) is 5. The predicted octanol–water partition coefficient (Wildman–Crippen LogP) is 2.93. The molecule has 2 atom stereocenters. The van der Waals surface area contributed by atoms with E-state index in [-0.39, 0.29) is 23.9 Å². The SMILES string of the molecule is CC(=O)NC1CC(c2nc(-c3ccccc3)n[nH]2)N(C(=O)c2ccc(C)s2)C1. The molecule has 2 unspecified atom stereocenters. The molecule has 144 valence electrons. The Morgan fingerprint density at radius 3 is 2.68 bits per heavy atom. The van der Waals surface area contributed by atoms with E-state index in [4.69, 9.17) is 0 Å². The molecule has 3 heterocycles. The average Bonchev–Trinajstić information content (AvgIpc) is 3.40. The monoisotopic (exact) mass is 395 g/mol. The summed E-state index contributed by atoms with van der Waals surface area (Å²) in [4.78, 5) is 32.8. The highest BCUT2D eigenvalue weighted by atomic mass is 32.1. The summed E-state index contributed by atoms with van der Waals surface area (Å²) in [5.41, 5.74) is 0.910. The van der Waals surface area contributed by atoms with Crippen molar-refractivity contribution in [2.75, 3.05) is 6.54 Å². The van der Waals surface area contributed by atoms with Crippen LogP contribution in [0.15, 0.2) is 42.5 Å². The van der Waals surface area contributed by atoms with E-state index in [1.807, 2.05) is 49.4 Å². The molecule has 4 rings (SSSR count). The maximum absolute atomic E-state index is 13.1. The van der Waals surface area contributed by atoms with Crippen molar-refractivity contribution in [3.63, 3.8) is 0 Å². The summed E-state index contributed by atoms with van der Waals surface area (Å²) in [5, 5.41) is 10.3. The lowest BCUT2D eigenvalue weighted by atomic mass is 10.1. The Morgan fingerprint density at radius 2 is 2.00 bits per heavy atom. The Balaban J connectivity index is 1.63. The number of nitrogens with one attached hydrogen (secondary N) is 2. The van der Waals surface area contributed by atoms with Crippen molar-refractivity contribution in [2.24, 2.45) is 0 Å². The first-order valence-corrected chi connectivity index (χ1v) is 9.95. The number of aryl methyl sites for hydroxylation is 1. The molecule has 28 heavy (non-hydrogen) atoms. The third-order valence-corrected chi connectivity index (χ3v) is 5.76. The van der Waals surface area contributed by atoms with Gasteiger partial charge in [-0.15, -0.1) is 11.3 Å². The lowest BCUT2D eigenvalue weighted by Crippen LogP contribution is -2.37. The standard InChI is InChI=1S/C20H21N5O2S/c1-12-8-9-17(28-12)20(27)25-11-15(21-13(2)26)10-16(25)19-22-18(23-24-19)14-6-4-3-5-7-14/h3-9,15-16H,10-11H2,1-2H3,(H,21,26)(H,22,23,24). The van der Waals surface area contributed by atoms with Gasteiger partial charge in [-0.3, -0.25) is 14.7 Å². The molecular weight excluding hydrogens is 374 g/mol. The van der Waals surface area contributed by atoms with Gasteiger partial charge in [0.15, 0.2) is 5.82 Å². The third kappa shape index (κ3) is 3.68. The number of hydrogen-bond donors (Lipinski definition) is 2. The highest BCUT2D eigenvalue weighted by Gasteiger charge is 2.39. The summed E-state index contributed by atoms with van der Waals surface area (Å²) < 4.78 is 0. The van der Waals surface area contributed by atoms with Crippen LogP contribution in [0.4, 0.5) is 0 Å². The maximum atomic E-state index is 13.1. The van der Waals surface area contributed by atoms with Gasteiger partial charge in [0.1, 0.15) is 5.82 Å². The second kappa shape index (κ2) is 7.55. The van der Waals surface area contributed by atoms with E-state index < -0.39 is 0 Å². The quantitative estimate of drug-likeness (QED) is 0.711. The molecule has 0 spiro atoms. The minimum absolute atomic E-state index is 0.0476. The summed E-state index contributed by atoms with van der Waals surface area (Å²) in [6, 6.07) is 13.1. The number of rotatable bonds is 4. The molecule has 2 aromatic heterocycles. The lowest BCUT2D eigenvalue weighted by molar-refractivity contribution is -0.119. The van der Waals surface area contributed by atoms with Crippen molar-refractivity contribution >= 4 is 23.2 Å². The molecule has 1 fully saturated rings. The molecule has 1 saturated heterocycles. The molecule has 3 aromatic rings. The molecule has 0 radical (unpaired) electrons. The summed E-state index contributed by atoms with van der Waals surface area (Å²) in [7, 11) is 0. The number of nitrogens with zero attached hydrogens (tertiary/aromatic N) is 3. The van der Waals surface area contributed by atoms with Crippen molar-refractivity contribution in [1.29, 1.82) is 0 Å². The number of carbonyl (C=O) groups is 2. The van der Waals surface area contributed by atoms with Crippen molar-refractivity contribution < 1.29 is 9.59 Å². The topological polar surface area (TPSA) is 91.0 Å². The first-order chi connectivity index (χ1) is 13.5. The van der Waals surface area contributed by atoms with Crippen LogP contribution in [0.1, 0.15) is 39.8 Å². The van der Waals surface area contributed by atoms with Crippen molar-refractivity contribution in [1.82, 2.24) is 25.4 Å². The lowest BCUT2D eigenvalue weighted by Gasteiger charge is -2.22. The van der Waals surface area contributed by atoms with E-state index in [1.54, 1.807) is 4.90 Å². The maximum Gasteiger partial charge on any atom is 0.264 e. The van der Waals surface area contributed by atoms with Crippen molar-refractivity contribution in [3.05, 3.63) is 58.0 Å². The Labute approximate surface area is 166 Å². The van der Waals surface area contributed by atoms with Gasteiger partial charge >= 0.3 is 0 Å². The molecule has 0 saturated carbocycles. The molecule has 1 aliphatic heterocycles. The van der Waals surface area contributed by atoms with Crippen molar-refractivity contribution in [2.45, 2.75) is 32.4 Å². The van der Waals surface area contributed by atoms with Gasteiger partial charge in [-0.25, -0.2) is 4.98 Å². The second-order valence-electron chi connectivity index (χ2n) is 6.93. The van der Waals surface area contributed by atoms with E-state index >= 15 is 0 Å². The number of thiophene rings is 1. The summed E-state index contributed by atoms with van der Waals surface area (Å²) in [5.74, 6) is 1.08. The number of aromatic nitrogens is 3. The van der Waals surface area contributed by atoms with Gasteiger partial charge in [-0.1, -0.05) is 30.3 Å². The highest BCUT2D eigenvalue weighted by molar-refractivity contribution is 7.13. The van der Waals surface area contributed by atoms with Crippen LogP contribution in [0.25, 0.3) is 11.4 Å². The molecule has 1 aliphatic rings. The van der Waals surface area contributed by atoms with Gasteiger partial charge in [0, 0.05) is 30.0 Å². The first-order valence-electron chi connectivity index (χ1n) is 9.13. The predicted molar refractivity (Wildman–Crippen MR) is 107 cm³/mol. The second-order valence-corrected chi connectivity index (χ2v) is 8.21. The molecule has 0 aliphatic carbocycles. The molecule has 1 aromatic carbocycles. The normalized spacial score (nSPS) is 19.0. The zero-order valence-electron chi connectivity index (χ0n) is 15.7. The molecule has 0 bridgehead atoms. The molecule has 2 N–H and O–H groups in total. The summed E-state index contributed by atoms with van der Waals surface area (Å²) in [6.07, 6.45) is 0.596. The highest BCUT2D eigenvalue weighted by Crippen LogP contribution is 2.33. The van der Waals surface area contributed by atoms with Gasteiger partial charge in [-0.2, -0.15) is 5.10 Å².